The third-order valence-electron chi connectivity index (χ3n) is 9.72. The molecule has 1 N–H and O–H groups in total. The summed E-state index contributed by atoms with van der Waals surface area (Å²) in [6.07, 6.45) is 0. The maximum absolute atomic E-state index is 11.2. The summed E-state index contributed by atoms with van der Waals surface area (Å²) in [5.41, 5.74) is 5.18. The Morgan fingerprint density at radius 2 is 1.17 bits per heavy atom. The van der Waals surface area contributed by atoms with Crippen LogP contribution in [0.2, 0.25) is 0 Å². The van der Waals surface area contributed by atoms with Crippen LogP contribution in [0.25, 0.3) is 94.4 Å². The molecule has 8 nitrogen and oxygen atoms in total. The zero-order valence-corrected chi connectivity index (χ0v) is 27.8. The topological polar surface area (TPSA) is 103 Å². The number of aromatic hydroxyl groups is 1. The van der Waals surface area contributed by atoms with E-state index in [1.807, 2.05) is 97.1 Å². The van der Waals surface area contributed by atoms with Crippen LogP contribution < -0.4 is 21.9 Å². The highest BCUT2D eigenvalue weighted by molar-refractivity contribution is 6.64. The lowest BCUT2D eigenvalue weighted by molar-refractivity contribution is 0.482. The minimum Gasteiger partial charge on any atom is -0.508 e. The largest absolute Gasteiger partial charge is 0.508 e. The highest BCUT2D eigenvalue weighted by Crippen LogP contribution is 2.35. The molecule has 0 aliphatic carbocycles. The first-order valence-electron chi connectivity index (χ1n) is 16.7. The fraction of sp³-hybridized carbons (Fsp3) is 0. The highest BCUT2D eigenvalue weighted by Gasteiger charge is 2.21. The van der Waals surface area contributed by atoms with Crippen molar-refractivity contribution >= 4 is 108 Å². The maximum Gasteiger partial charge on any atom is 0.167 e. The van der Waals surface area contributed by atoms with E-state index >= 15 is 0 Å². The lowest BCUT2D eigenvalue weighted by Gasteiger charge is -2.19. The van der Waals surface area contributed by atoms with Crippen molar-refractivity contribution in [2.24, 2.45) is 0 Å². The molecule has 10 aromatic rings. The van der Waals surface area contributed by atoms with Crippen molar-refractivity contribution in [1.29, 1.82) is 0 Å². The van der Waals surface area contributed by atoms with Gasteiger partial charge in [-0.15, -0.1) is 21.1 Å². The molecule has 238 valence electrons. The first-order valence-corrected chi connectivity index (χ1v) is 16.7. The van der Waals surface area contributed by atoms with E-state index in [1.54, 1.807) is 4.80 Å². The molecule has 0 amide bonds. The van der Waals surface area contributed by atoms with Crippen molar-refractivity contribution in [2.75, 3.05) is 0 Å². The third kappa shape index (κ3) is 4.86. The Balaban J connectivity index is 1.18. The molecule has 7 aromatic carbocycles. The fourth-order valence-electron chi connectivity index (χ4n) is 6.99. The molecular formula is C41H20B4N6O2. The highest BCUT2D eigenvalue weighted by atomic mass is 16.3. The Kier molecular flexibility index (Phi) is 6.85. The Morgan fingerprint density at radius 3 is 1.98 bits per heavy atom. The summed E-state index contributed by atoms with van der Waals surface area (Å²) in [4.78, 5) is 16.2. The molecule has 0 bridgehead atoms. The number of hydrogen-bond donors (Lipinski definition) is 1. The number of rotatable bonds is 4. The van der Waals surface area contributed by atoms with Crippen molar-refractivity contribution in [3.8, 4) is 45.6 Å². The van der Waals surface area contributed by atoms with Gasteiger partial charge in [-0.2, -0.15) is 4.80 Å². The van der Waals surface area contributed by atoms with Gasteiger partial charge < -0.3 is 9.52 Å². The van der Waals surface area contributed by atoms with E-state index in [0.29, 0.717) is 28.4 Å². The van der Waals surface area contributed by atoms with Crippen LogP contribution in [-0.4, -0.2) is 66.4 Å². The van der Waals surface area contributed by atoms with Gasteiger partial charge >= 0.3 is 0 Å². The van der Waals surface area contributed by atoms with Gasteiger partial charge in [0.15, 0.2) is 17.5 Å². The van der Waals surface area contributed by atoms with Crippen LogP contribution in [0.4, 0.5) is 0 Å². The monoisotopic (exact) mass is 672 g/mol. The van der Waals surface area contributed by atoms with Crippen LogP contribution in [0.3, 0.4) is 0 Å². The molecule has 12 heteroatoms. The SMILES string of the molecule is [B]c1c([B])c([B])c(-c2nc(-c3ccc4c(ccc5ccc6nn(-c7ccccc7)nc6c54)c3)nc(-c3ccc4c(c3)oc3ccccc34)n2)c(O)c1[B]. The van der Waals surface area contributed by atoms with E-state index in [9.17, 15) is 5.11 Å². The average Bonchev–Trinajstić information content (AvgIpc) is 3.81. The minimum absolute atomic E-state index is 0.00239. The lowest BCUT2D eigenvalue weighted by Crippen LogP contribution is -2.48. The van der Waals surface area contributed by atoms with E-state index in [4.69, 9.17) is 61.0 Å². The molecular weight excluding hydrogens is 652 g/mol. The van der Waals surface area contributed by atoms with Crippen LogP contribution >= 0.6 is 0 Å². The van der Waals surface area contributed by atoms with Gasteiger partial charge in [0.2, 0.25) is 0 Å². The minimum atomic E-state index is -0.373. The van der Waals surface area contributed by atoms with Crippen LogP contribution in [0.15, 0.2) is 120 Å². The molecule has 10 rings (SSSR count). The quantitative estimate of drug-likeness (QED) is 0.214. The van der Waals surface area contributed by atoms with Gasteiger partial charge in [-0.25, -0.2) is 15.0 Å². The first-order chi connectivity index (χ1) is 25.8. The predicted molar refractivity (Wildman–Crippen MR) is 214 cm³/mol. The molecule has 0 saturated heterocycles. The van der Waals surface area contributed by atoms with Gasteiger partial charge in [0.25, 0.3) is 0 Å². The van der Waals surface area contributed by atoms with E-state index in [1.165, 1.54) is 0 Å². The van der Waals surface area contributed by atoms with Crippen molar-refractivity contribution in [1.82, 2.24) is 29.9 Å². The van der Waals surface area contributed by atoms with E-state index < -0.39 is 0 Å². The Bertz CT molecular complexity index is 3120. The van der Waals surface area contributed by atoms with Crippen LogP contribution in [0, 0.1) is 0 Å². The number of para-hydroxylation sites is 2. The lowest BCUT2D eigenvalue weighted by atomic mass is 9.65. The van der Waals surface area contributed by atoms with Gasteiger partial charge in [-0.05, 0) is 58.6 Å². The van der Waals surface area contributed by atoms with Crippen molar-refractivity contribution in [2.45, 2.75) is 0 Å². The molecule has 0 fully saturated rings. The standard InChI is InChI=1S/C41H20B4N6O2/c42-33-32(38(52)36(45)35(44)34(33)43)41-47-39(46-40(48-41)23-13-16-27-26-8-4-5-9-29(26)53-30(27)19-23)22-12-15-25-21(18-22)11-10-20-14-17-28-37(31(20)25)50-51(49-28)24-6-2-1-3-7-24/h1-19,52H. The molecule has 3 heterocycles. The van der Waals surface area contributed by atoms with Gasteiger partial charge in [0, 0.05) is 27.3 Å². The van der Waals surface area contributed by atoms with Crippen LogP contribution in [0.5, 0.6) is 5.75 Å². The molecule has 8 radical (unpaired) electrons. The summed E-state index contributed by atoms with van der Waals surface area (Å²) < 4.78 is 6.18. The summed E-state index contributed by atoms with van der Waals surface area (Å²) in [7, 11) is 24.9. The van der Waals surface area contributed by atoms with E-state index in [2.05, 4.69) is 18.2 Å². The second-order valence-electron chi connectivity index (χ2n) is 12.9. The summed E-state index contributed by atoms with van der Waals surface area (Å²) in [6, 6.07) is 37.6. The number of phenolic OH excluding ortho intramolecular Hbond substituents is 1. The first kappa shape index (κ1) is 31.1. The molecule has 0 spiro atoms. The smallest absolute Gasteiger partial charge is 0.167 e. The Labute approximate surface area is 307 Å². The van der Waals surface area contributed by atoms with Gasteiger partial charge in [-0.3, -0.25) is 0 Å². The van der Waals surface area contributed by atoms with E-state index in [0.717, 1.165) is 54.6 Å². The molecule has 0 unspecified atom stereocenters. The third-order valence-corrected chi connectivity index (χ3v) is 9.72. The summed E-state index contributed by atoms with van der Waals surface area (Å²) in [6.45, 7) is 0. The molecule has 0 saturated carbocycles. The Morgan fingerprint density at radius 1 is 0.528 bits per heavy atom. The van der Waals surface area contributed by atoms with Gasteiger partial charge in [-0.1, -0.05) is 83.7 Å². The van der Waals surface area contributed by atoms with Gasteiger partial charge in [0.05, 0.1) is 11.3 Å². The zero-order valence-electron chi connectivity index (χ0n) is 27.8. The number of phenols is 1. The number of aromatic nitrogens is 6. The second kappa shape index (κ2) is 11.7. The summed E-state index contributed by atoms with van der Waals surface area (Å²) >= 11 is 0. The number of nitrogens with zero attached hydrogens (tertiary/aromatic N) is 6. The maximum atomic E-state index is 11.2. The fourth-order valence-corrected chi connectivity index (χ4v) is 6.99. The molecule has 0 atom stereocenters. The van der Waals surface area contributed by atoms with Gasteiger partial charge in [0.1, 0.15) is 59.3 Å². The number of hydrogen-bond acceptors (Lipinski definition) is 7. The van der Waals surface area contributed by atoms with Crippen LogP contribution in [0.1, 0.15) is 0 Å². The molecule has 0 aliphatic rings. The number of benzene rings is 7. The van der Waals surface area contributed by atoms with E-state index in [-0.39, 0.29) is 39.0 Å². The van der Waals surface area contributed by atoms with Crippen molar-refractivity contribution < 1.29 is 9.52 Å². The average molecular weight is 672 g/mol. The number of furan rings is 1. The zero-order chi connectivity index (χ0) is 36.0. The molecule has 0 aliphatic heterocycles. The second-order valence-corrected chi connectivity index (χ2v) is 12.9. The summed E-state index contributed by atoms with van der Waals surface area (Å²) in [5.74, 6) is 0.346. The van der Waals surface area contributed by atoms with Crippen molar-refractivity contribution in [3.63, 3.8) is 0 Å². The summed E-state index contributed by atoms with van der Waals surface area (Å²) in [5, 5.41) is 26.8. The molecule has 53 heavy (non-hydrogen) atoms. The van der Waals surface area contributed by atoms with Crippen LogP contribution in [-0.2, 0) is 0 Å². The molecule has 3 aromatic heterocycles. The number of fused-ring (bicyclic) bond motifs is 8. The predicted octanol–water partition coefficient (Wildman–Crippen LogP) is 4.69. The van der Waals surface area contributed by atoms with Crippen molar-refractivity contribution in [3.05, 3.63) is 115 Å². The Hall–Kier alpha value is -6.67. The normalized spacial score (nSPS) is 11.8.